The molecule has 0 unspecified atom stereocenters. The zero-order valence-electron chi connectivity index (χ0n) is 15.6. The van der Waals surface area contributed by atoms with Crippen LogP contribution in [-0.4, -0.2) is 48.4 Å². The Hall–Kier alpha value is -1.95. The van der Waals surface area contributed by atoms with Crippen LogP contribution in [0.5, 0.6) is 5.88 Å². The van der Waals surface area contributed by atoms with Crippen LogP contribution >= 0.6 is 0 Å². The van der Waals surface area contributed by atoms with Gasteiger partial charge in [-0.25, -0.2) is 15.0 Å². The van der Waals surface area contributed by atoms with Crippen LogP contribution in [0.25, 0.3) is 10.9 Å². The second kappa shape index (κ2) is 8.24. The Bertz CT molecular complexity index is 682. The lowest BCUT2D eigenvalue weighted by molar-refractivity contribution is 0.122. The third kappa shape index (κ3) is 3.75. The van der Waals surface area contributed by atoms with Gasteiger partial charge >= 0.3 is 0 Å². The molecule has 6 nitrogen and oxygen atoms in total. The first-order chi connectivity index (χ1) is 11.6. The average molecular weight is 332 g/mol. The Kier molecular flexibility index (Phi) is 6.31. The molecule has 3 rings (SSSR count). The maximum Gasteiger partial charge on any atom is 0.226 e. The van der Waals surface area contributed by atoms with Crippen LogP contribution in [0.15, 0.2) is 6.07 Å². The minimum Gasteiger partial charge on any atom is -0.480 e. The number of morpholine rings is 1. The number of hydrogen-bond donors (Lipinski definition) is 0. The Balaban J connectivity index is 0.00000100. The summed E-state index contributed by atoms with van der Waals surface area (Å²) in [5, 5.41) is 0.888. The average Bonchev–Trinajstić information content (AvgIpc) is 2.62. The molecule has 1 fully saturated rings. The Morgan fingerprint density at radius 1 is 1.12 bits per heavy atom. The van der Waals surface area contributed by atoms with Gasteiger partial charge in [0.25, 0.3) is 0 Å². The number of ether oxygens (including phenoxy) is 2. The van der Waals surface area contributed by atoms with Gasteiger partial charge in [-0.2, -0.15) is 0 Å². The molecule has 2 aromatic rings. The summed E-state index contributed by atoms with van der Waals surface area (Å²) in [6.07, 6.45) is 0. The minimum atomic E-state index is 0.267. The van der Waals surface area contributed by atoms with E-state index in [1.165, 1.54) is 0 Å². The second-order valence-electron chi connectivity index (χ2n) is 5.83. The van der Waals surface area contributed by atoms with Gasteiger partial charge in [0.15, 0.2) is 0 Å². The molecule has 1 saturated heterocycles. The monoisotopic (exact) mass is 332 g/mol. The molecule has 0 aromatic carbocycles. The second-order valence-corrected chi connectivity index (χ2v) is 5.83. The van der Waals surface area contributed by atoms with Gasteiger partial charge in [0.1, 0.15) is 17.0 Å². The summed E-state index contributed by atoms with van der Waals surface area (Å²) < 4.78 is 10.9. The number of anilines is 1. The van der Waals surface area contributed by atoms with E-state index >= 15 is 0 Å². The van der Waals surface area contributed by atoms with Gasteiger partial charge in [0.05, 0.1) is 25.8 Å². The number of rotatable bonds is 3. The van der Waals surface area contributed by atoms with Crippen molar-refractivity contribution in [3.05, 3.63) is 17.6 Å². The highest BCUT2D eigenvalue weighted by atomic mass is 16.5. The maximum absolute atomic E-state index is 5.49. The standard InChI is InChI=1S/C16H22N4O2.C2H6/c1-10(2)14-18-12-9-11(3)17-16(21-4)13(12)15(19-14)20-5-7-22-8-6-20;1-2/h9-10H,5-8H2,1-4H3;1-2H3. The largest absolute Gasteiger partial charge is 0.480 e. The molecule has 2 aromatic heterocycles. The summed E-state index contributed by atoms with van der Waals surface area (Å²) >= 11 is 0. The van der Waals surface area contributed by atoms with Crippen molar-refractivity contribution < 1.29 is 9.47 Å². The molecule has 0 atom stereocenters. The normalized spacial score (nSPS) is 14.5. The first kappa shape index (κ1) is 18.4. The lowest BCUT2D eigenvalue weighted by atomic mass is 10.1. The van der Waals surface area contributed by atoms with Crippen molar-refractivity contribution in [3.63, 3.8) is 0 Å². The molecule has 0 radical (unpaired) electrons. The molecular formula is C18H28N4O2. The van der Waals surface area contributed by atoms with E-state index in [2.05, 4.69) is 23.7 Å². The maximum atomic E-state index is 5.49. The van der Waals surface area contributed by atoms with E-state index in [1.54, 1.807) is 7.11 Å². The number of aryl methyl sites for hydroxylation is 1. The fourth-order valence-electron chi connectivity index (χ4n) is 2.65. The van der Waals surface area contributed by atoms with Crippen LogP contribution in [0, 0.1) is 6.92 Å². The molecule has 0 aliphatic carbocycles. The van der Waals surface area contributed by atoms with E-state index in [4.69, 9.17) is 19.4 Å². The van der Waals surface area contributed by atoms with Crippen molar-refractivity contribution in [2.75, 3.05) is 38.3 Å². The highest BCUT2D eigenvalue weighted by Gasteiger charge is 2.21. The minimum absolute atomic E-state index is 0.267. The van der Waals surface area contributed by atoms with E-state index in [9.17, 15) is 0 Å². The van der Waals surface area contributed by atoms with Crippen LogP contribution < -0.4 is 9.64 Å². The Labute approximate surface area is 144 Å². The summed E-state index contributed by atoms with van der Waals surface area (Å²) in [5.41, 5.74) is 1.79. The van der Waals surface area contributed by atoms with Crippen LogP contribution in [-0.2, 0) is 4.74 Å². The molecule has 0 saturated carbocycles. The number of fused-ring (bicyclic) bond motifs is 1. The third-order valence-corrected chi connectivity index (χ3v) is 3.79. The van der Waals surface area contributed by atoms with Gasteiger partial charge in [0.2, 0.25) is 5.88 Å². The lowest BCUT2D eigenvalue weighted by Gasteiger charge is -2.29. The first-order valence-corrected chi connectivity index (χ1v) is 8.66. The molecule has 0 bridgehead atoms. The van der Waals surface area contributed by atoms with Gasteiger partial charge in [-0.15, -0.1) is 0 Å². The molecule has 1 aliphatic rings. The predicted molar refractivity (Wildman–Crippen MR) is 97.1 cm³/mol. The smallest absolute Gasteiger partial charge is 0.226 e. The summed E-state index contributed by atoms with van der Waals surface area (Å²) in [5.74, 6) is 2.61. The molecule has 6 heteroatoms. The summed E-state index contributed by atoms with van der Waals surface area (Å²) in [4.78, 5) is 16.2. The lowest BCUT2D eigenvalue weighted by Crippen LogP contribution is -2.37. The van der Waals surface area contributed by atoms with Crippen LogP contribution in [0.4, 0.5) is 5.82 Å². The number of pyridine rings is 1. The fourth-order valence-corrected chi connectivity index (χ4v) is 2.65. The number of nitrogens with zero attached hydrogens (tertiary/aromatic N) is 4. The van der Waals surface area contributed by atoms with Crippen molar-refractivity contribution in [1.29, 1.82) is 0 Å². The quantitative estimate of drug-likeness (QED) is 0.859. The summed E-state index contributed by atoms with van der Waals surface area (Å²) in [6.45, 7) is 13.2. The highest BCUT2D eigenvalue weighted by Crippen LogP contribution is 2.33. The van der Waals surface area contributed by atoms with Crippen molar-refractivity contribution >= 4 is 16.7 Å². The number of aromatic nitrogens is 3. The molecule has 132 valence electrons. The highest BCUT2D eigenvalue weighted by molar-refractivity contribution is 5.94. The fraction of sp³-hybridized carbons (Fsp3) is 0.611. The molecule has 1 aliphatic heterocycles. The molecule has 0 N–H and O–H groups in total. The molecular weight excluding hydrogens is 304 g/mol. The third-order valence-electron chi connectivity index (χ3n) is 3.79. The Morgan fingerprint density at radius 3 is 2.38 bits per heavy atom. The van der Waals surface area contributed by atoms with Gasteiger partial charge in [0, 0.05) is 24.7 Å². The SMILES string of the molecule is CC.COc1nc(C)cc2nc(C(C)C)nc(N3CCOCC3)c12. The van der Waals surface area contributed by atoms with Gasteiger partial charge in [-0.1, -0.05) is 27.7 Å². The number of hydrogen-bond acceptors (Lipinski definition) is 6. The topological polar surface area (TPSA) is 60.4 Å². The van der Waals surface area contributed by atoms with E-state index in [0.29, 0.717) is 19.1 Å². The van der Waals surface area contributed by atoms with E-state index in [-0.39, 0.29) is 5.92 Å². The van der Waals surface area contributed by atoms with E-state index in [1.807, 2.05) is 26.8 Å². The van der Waals surface area contributed by atoms with Crippen molar-refractivity contribution in [3.8, 4) is 5.88 Å². The Morgan fingerprint density at radius 2 is 1.79 bits per heavy atom. The van der Waals surface area contributed by atoms with Crippen LogP contribution in [0.3, 0.4) is 0 Å². The van der Waals surface area contributed by atoms with Crippen LogP contribution in [0.2, 0.25) is 0 Å². The van der Waals surface area contributed by atoms with Gasteiger partial charge < -0.3 is 14.4 Å². The van der Waals surface area contributed by atoms with Crippen molar-refractivity contribution in [2.24, 2.45) is 0 Å². The zero-order valence-corrected chi connectivity index (χ0v) is 15.6. The van der Waals surface area contributed by atoms with Crippen molar-refractivity contribution in [1.82, 2.24) is 15.0 Å². The van der Waals surface area contributed by atoms with E-state index < -0.39 is 0 Å². The molecule has 24 heavy (non-hydrogen) atoms. The summed E-state index contributed by atoms with van der Waals surface area (Å²) in [6, 6.07) is 2.00. The molecule has 3 heterocycles. The van der Waals surface area contributed by atoms with Crippen LogP contribution in [0.1, 0.15) is 45.1 Å². The molecule has 0 amide bonds. The molecule has 0 spiro atoms. The van der Waals surface area contributed by atoms with Gasteiger partial charge in [-0.05, 0) is 13.0 Å². The zero-order chi connectivity index (χ0) is 17.7. The summed E-state index contributed by atoms with van der Waals surface area (Å²) in [7, 11) is 1.64. The first-order valence-electron chi connectivity index (χ1n) is 8.66. The predicted octanol–water partition coefficient (Wildman–Crippen LogP) is 3.33. The van der Waals surface area contributed by atoms with Gasteiger partial charge in [-0.3, -0.25) is 0 Å². The van der Waals surface area contributed by atoms with E-state index in [0.717, 1.165) is 41.3 Å². The number of methoxy groups -OCH3 is 1. The van der Waals surface area contributed by atoms with Crippen molar-refractivity contribution in [2.45, 2.75) is 40.5 Å².